The van der Waals surface area contributed by atoms with Crippen molar-refractivity contribution in [2.24, 2.45) is 28.6 Å². The van der Waals surface area contributed by atoms with Crippen LogP contribution in [0.1, 0.15) is 72.6 Å². The van der Waals surface area contributed by atoms with Gasteiger partial charge in [-0.25, -0.2) is 4.79 Å². The molecule has 1 fully saturated rings. The molecule has 0 heterocycles. The predicted octanol–water partition coefficient (Wildman–Crippen LogP) is 4.74. The SMILES string of the molecule is C[C@H](CC[C@]1(C)[C@H]2CCC=C(C(=O)O)[C@@]2(C)CC[C@@H]1C)CC(=O)O. The molecule has 24 heavy (non-hydrogen) atoms. The molecule has 0 unspecified atom stereocenters. The summed E-state index contributed by atoms with van der Waals surface area (Å²) < 4.78 is 0. The van der Waals surface area contributed by atoms with Gasteiger partial charge in [0, 0.05) is 17.4 Å². The maximum atomic E-state index is 11.8. The lowest BCUT2D eigenvalue weighted by molar-refractivity contribution is -0.139. The fraction of sp³-hybridized carbons (Fsp3) is 0.800. The van der Waals surface area contributed by atoms with Gasteiger partial charge >= 0.3 is 11.9 Å². The summed E-state index contributed by atoms with van der Waals surface area (Å²) in [7, 11) is 0. The van der Waals surface area contributed by atoms with Gasteiger partial charge in [-0.1, -0.05) is 33.8 Å². The van der Waals surface area contributed by atoms with E-state index in [9.17, 15) is 14.7 Å². The average molecular weight is 336 g/mol. The quantitative estimate of drug-likeness (QED) is 0.734. The second kappa shape index (κ2) is 6.89. The van der Waals surface area contributed by atoms with Crippen molar-refractivity contribution >= 4 is 11.9 Å². The third-order valence-electron chi connectivity index (χ3n) is 7.14. The smallest absolute Gasteiger partial charge is 0.331 e. The van der Waals surface area contributed by atoms with Crippen molar-refractivity contribution < 1.29 is 19.8 Å². The first-order chi connectivity index (χ1) is 11.1. The molecule has 136 valence electrons. The number of fused-ring (bicyclic) bond motifs is 1. The summed E-state index contributed by atoms with van der Waals surface area (Å²) in [5.41, 5.74) is 0.436. The Bertz CT molecular complexity index is 538. The number of hydrogen-bond donors (Lipinski definition) is 2. The van der Waals surface area contributed by atoms with Crippen LogP contribution in [0.3, 0.4) is 0 Å². The van der Waals surface area contributed by atoms with E-state index in [-0.39, 0.29) is 23.2 Å². The molecule has 0 aromatic carbocycles. The van der Waals surface area contributed by atoms with Crippen LogP contribution in [0.4, 0.5) is 0 Å². The molecular weight excluding hydrogens is 304 g/mol. The minimum absolute atomic E-state index is 0.0781. The summed E-state index contributed by atoms with van der Waals surface area (Å²) in [4.78, 5) is 22.7. The van der Waals surface area contributed by atoms with Crippen molar-refractivity contribution in [3.05, 3.63) is 11.6 Å². The van der Waals surface area contributed by atoms with E-state index in [0.717, 1.165) is 38.5 Å². The Balaban J connectivity index is 2.23. The van der Waals surface area contributed by atoms with E-state index in [1.807, 2.05) is 13.0 Å². The number of hydrogen-bond acceptors (Lipinski definition) is 2. The van der Waals surface area contributed by atoms with E-state index in [0.29, 0.717) is 17.4 Å². The molecule has 2 rings (SSSR count). The van der Waals surface area contributed by atoms with Gasteiger partial charge in [-0.2, -0.15) is 0 Å². The highest BCUT2D eigenvalue weighted by Crippen LogP contribution is 2.62. The summed E-state index contributed by atoms with van der Waals surface area (Å²) in [6, 6.07) is 0. The van der Waals surface area contributed by atoms with Gasteiger partial charge in [0.2, 0.25) is 0 Å². The number of carboxylic acid groups (broad SMARTS) is 2. The maximum Gasteiger partial charge on any atom is 0.331 e. The molecule has 2 aliphatic carbocycles. The molecule has 0 bridgehead atoms. The second-order valence-electron chi connectivity index (χ2n) is 8.66. The zero-order valence-corrected chi connectivity index (χ0v) is 15.5. The monoisotopic (exact) mass is 336 g/mol. The first-order valence-corrected chi connectivity index (χ1v) is 9.27. The first-order valence-electron chi connectivity index (χ1n) is 9.27. The standard InChI is InChI=1S/C20H32O4/c1-13(12-17(21)22)8-10-19(3)14(2)9-11-20(4)15(18(23)24)6-5-7-16(19)20/h6,13-14,16H,5,7-12H2,1-4H3,(H,21,22)(H,23,24)/t13-,14+,16-,19+,20-/m1/s1. The molecule has 1 saturated carbocycles. The highest BCUT2D eigenvalue weighted by Gasteiger charge is 2.55. The van der Waals surface area contributed by atoms with Crippen LogP contribution in [0.5, 0.6) is 0 Å². The van der Waals surface area contributed by atoms with Crippen LogP contribution in [0.15, 0.2) is 11.6 Å². The van der Waals surface area contributed by atoms with E-state index in [1.165, 1.54) is 0 Å². The second-order valence-corrected chi connectivity index (χ2v) is 8.66. The number of carboxylic acids is 2. The van der Waals surface area contributed by atoms with Crippen molar-refractivity contribution in [1.82, 2.24) is 0 Å². The van der Waals surface area contributed by atoms with Crippen molar-refractivity contribution in [3.8, 4) is 0 Å². The molecule has 2 N–H and O–H groups in total. The van der Waals surface area contributed by atoms with E-state index < -0.39 is 11.9 Å². The molecule has 0 amide bonds. The Morgan fingerprint density at radius 2 is 1.96 bits per heavy atom. The lowest BCUT2D eigenvalue weighted by Crippen LogP contribution is -2.51. The Hall–Kier alpha value is -1.32. The molecule has 0 aliphatic heterocycles. The summed E-state index contributed by atoms with van der Waals surface area (Å²) >= 11 is 0. The van der Waals surface area contributed by atoms with Crippen LogP contribution in [-0.4, -0.2) is 22.2 Å². The van der Waals surface area contributed by atoms with Crippen LogP contribution < -0.4 is 0 Å². The lowest BCUT2D eigenvalue weighted by Gasteiger charge is -2.57. The highest BCUT2D eigenvalue weighted by atomic mass is 16.4. The van der Waals surface area contributed by atoms with Gasteiger partial charge in [-0.3, -0.25) is 4.79 Å². The molecule has 0 spiro atoms. The Morgan fingerprint density at radius 3 is 2.54 bits per heavy atom. The van der Waals surface area contributed by atoms with Crippen molar-refractivity contribution in [2.75, 3.05) is 0 Å². The normalized spacial score (nSPS) is 37.2. The third-order valence-corrected chi connectivity index (χ3v) is 7.14. The van der Waals surface area contributed by atoms with Gasteiger partial charge < -0.3 is 10.2 Å². The molecule has 0 aromatic rings. The zero-order valence-electron chi connectivity index (χ0n) is 15.5. The highest BCUT2D eigenvalue weighted by molar-refractivity contribution is 5.88. The minimum atomic E-state index is -0.765. The largest absolute Gasteiger partial charge is 0.481 e. The van der Waals surface area contributed by atoms with Gasteiger partial charge in [0.15, 0.2) is 0 Å². The molecule has 4 heteroatoms. The van der Waals surface area contributed by atoms with E-state index >= 15 is 0 Å². The van der Waals surface area contributed by atoms with Gasteiger partial charge in [0.05, 0.1) is 0 Å². The minimum Gasteiger partial charge on any atom is -0.481 e. The topological polar surface area (TPSA) is 74.6 Å². The fourth-order valence-electron chi connectivity index (χ4n) is 5.40. The van der Waals surface area contributed by atoms with Crippen LogP contribution in [0.2, 0.25) is 0 Å². The van der Waals surface area contributed by atoms with Crippen LogP contribution >= 0.6 is 0 Å². The predicted molar refractivity (Wildman–Crippen MR) is 93.7 cm³/mol. The van der Waals surface area contributed by atoms with Crippen molar-refractivity contribution in [3.63, 3.8) is 0 Å². The molecule has 4 nitrogen and oxygen atoms in total. The number of aliphatic carboxylic acids is 2. The third kappa shape index (κ3) is 3.38. The van der Waals surface area contributed by atoms with Crippen LogP contribution in [0, 0.1) is 28.6 Å². The Morgan fingerprint density at radius 1 is 1.29 bits per heavy atom. The van der Waals surface area contributed by atoms with Gasteiger partial charge in [0.1, 0.15) is 0 Å². The van der Waals surface area contributed by atoms with Gasteiger partial charge in [0.25, 0.3) is 0 Å². The zero-order chi connectivity index (χ0) is 18.1. The van der Waals surface area contributed by atoms with Crippen molar-refractivity contribution in [1.29, 1.82) is 0 Å². The van der Waals surface area contributed by atoms with Gasteiger partial charge in [-0.15, -0.1) is 0 Å². The van der Waals surface area contributed by atoms with E-state index in [2.05, 4.69) is 20.8 Å². The number of carbonyl (C=O) groups is 2. The summed E-state index contributed by atoms with van der Waals surface area (Å²) in [5, 5.41) is 18.7. The molecule has 0 radical (unpaired) electrons. The van der Waals surface area contributed by atoms with E-state index in [1.54, 1.807) is 0 Å². The summed E-state index contributed by atoms with van der Waals surface area (Å²) in [6.07, 6.45) is 7.89. The van der Waals surface area contributed by atoms with Crippen molar-refractivity contribution in [2.45, 2.75) is 72.6 Å². The summed E-state index contributed by atoms with van der Waals surface area (Å²) in [6.45, 7) is 8.76. The van der Waals surface area contributed by atoms with Gasteiger partial charge in [-0.05, 0) is 61.7 Å². The maximum absolute atomic E-state index is 11.8. The van der Waals surface area contributed by atoms with Crippen LogP contribution in [-0.2, 0) is 9.59 Å². The molecular formula is C20H32O4. The van der Waals surface area contributed by atoms with Crippen LogP contribution in [0.25, 0.3) is 0 Å². The summed E-state index contributed by atoms with van der Waals surface area (Å²) in [5.74, 6) is -0.429. The fourth-order valence-corrected chi connectivity index (χ4v) is 5.40. The molecule has 0 aromatic heterocycles. The Kier molecular flexibility index (Phi) is 5.46. The first kappa shape index (κ1) is 19.0. The number of allylic oxidation sites excluding steroid dienone is 1. The lowest BCUT2D eigenvalue weighted by atomic mass is 9.46. The Labute approximate surface area is 145 Å². The molecule has 0 saturated heterocycles. The number of rotatable bonds is 6. The molecule has 5 atom stereocenters. The molecule has 2 aliphatic rings. The average Bonchev–Trinajstić information content (AvgIpc) is 2.48. The van der Waals surface area contributed by atoms with E-state index in [4.69, 9.17) is 5.11 Å².